The molecule has 2 aromatic heterocycles. The van der Waals surface area contributed by atoms with Crippen LogP contribution in [0.25, 0.3) is 11.5 Å². The molecule has 1 atom stereocenters. The Balaban J connectivity index is 1.43. The highest BCUT2D eigenvalue weighted by atomic mass is 16.3. The molecule has 1 aliphatic carbocycles. The third-order valence-electron chi connectivity index (χ3n) is 7.47. The predicted molar refractivity (Wildman–Crippen MR) is 134 cm³/mol. The highest BCUT2D eigenvalue weighted by Crippen LogP contribution is 2.31. The summed E-state index contributed by atoms with van der Waals surface area (Å²) in [5, 5.41) is 7.96. The van der Waals surface area contributed by atoms with E-state index in [1.165, 1.54) is 19.3 Å². The summed E-state index contributed by atoms with van der Waals surface area (Å²) in [6, 6.07) is 15.6. The van der Waals surface area contributed by atoms with Gasteiger partial charge in [0.2, 0.25) is 5.91 Å². The zero-order chi connectivity index (χ0) is 24.3. The van der Waals surface area contributed by atoms with Crippen LogP contribution in [0.15, 0.2) is 59.2 Å². The van der Waals surface area contributed by atoms with Gasteiger partial charge in [-0.25, -0.2) is 0 Å². The first-order chi connectivity index (χ1) is 17.0. The van der Waals surface area contributed by atoms with E-state index >= 15 is 0 Å². The Morgan fingerprint density at radius 1 is 1.09 bits per heavy atom. The van der Waals surface area contributed by atoms with Gasteiger partial charge in [-0.1, -0.05) is 62.4 Å². The maximum atomic E-state index is 13.8. The lowest BCUT2D eigenvalue weighted by molar-refractivity contribution is -0.134. The maximum absolute atomic E-state index is 13.8. The van der Waals surface area contributed by atoms with Crippen molar-refractivity contribution in [1.82, 2.24) is 20.0 Å². The number of carbonyl (C=O) groups is 2. The Kier molecular flexibility index (Phi) is 6.75. The Labute approximate surface area is 206 Å². The van der Waals surface area contributed by atoms with Crippen molar-refractivity contribution in [2.75, 3.05) is 6.54 Å². The third-order valence-corrected chi connectivity index (χ3v) is 7.47. The van der Waals surface area contributed by atoms with E-state index in [-0.39, 0.29) is 17.9 Å². The van der Waals surface area contributed by atoms with Crippen molar-refractivity contribution >= 4 is 11.8 Å². The van der Waals surface area contributed by atoms with E-state index in [0.717, 1.165) is 31.2 Å². The molecule has 5 rings (SSSR count). The number of rotatable bonds is 6. The van der Waals surface area contributed by atoms with Crippen LogP contribution in [0.1, 0.15) is 67.9 Å². The minimum atomic E-state index is -1.03. The number of carbonyl (C=O) groups excluding carboxylic acids is 2. The van der Waals surface area contributed by atoms with Crippen LogP contribution in [0.3, 0.4) is 0 Å². The maximum Gasteiger partial charge on any atom is 0.273 e. The van der Waals surface area contributed by atoms with Crippen LogP contribution in [0.2, 0.25) is 0 Å². The van der Waals surface area contributed by atoms with Gasteiger partial charge in [-0.15, -0.1) is 0 Å². The number of benzene rings is 1. The quantitative estimate of drug-likeness (QED) is 0.555. The van der Waals surface area contributed by atoms with E-state index < -0.39 is 5.54 Å². The fourth-order valence-corrected chi connectivity index (χ4v) is 5.36. The summed E-state index contributed by atoms with van der Waals surface area (Å²) in [5.74, 6) is 0.342. The van der Waals surface area contributed by atoms with Gasteiger partial charge < -0.3 is 14.6 Å². The molecule has 1 fully saturated rings. The third kappa shape index (κ3) is 4.90. The first kappa shape index (κ1) is 23.4. The minimum absolute atomic E-state index is 0.0924. The molecule has 1 saturated carbocycles. The molecule has 0 radical (unpaired) electrons. The summed E-state index contributed by atoms with van der Waals surface area (Å²) < 4.78 is 7.18. The Hall–Kier alpha value is -3.35. The largest absolute Gasteiger partial charge is 0.463 e. The SMILES string of the molecule is C[C@@]1(C(=O)NC2CCCCCCC2)Cn2nc(-c3ccco3)cc2C(=O)N1CCc1ccccc1. The molecule has 1 N–H and O–H groups in total. The van der Waals surface area contributed by atoms with Crippen LogP contribution < -0.4 is 5.32 Å². The van der Waals surface area contributed by atoms with Crippen molar-refractivity contribution in [3.63, 3.8) is 0 Å². The van der Waals surface area contributed by atoms with E-state index in [1.807, 2.05) is 31.2 Å². The molecule has 0 saturated heterocycles. The smallest absolute Gasteiger partial charge is 0.273 e. The van der Waals surface area contributed by atoms with Crippen LogP contribution in [-0.4, -0.2) is 44.6 Å². The second kappa shape index (κ2) is 10.1. The number of nitrogens with one attached hydrogen (secondary N) is 1. The summed E-state index contributed by atoms with van der Waals surface area (Å²) >= 11 is 0. The van der Waals surface area contributed by atoms with Crippen molar-refractivity contribution < 1.29 is 14.0 Å². The van der Waals surface area contributed by atoms with E-state index in [0.29, 0.717) is 36.7 Å². The van der Waals surface area contributed by atoms with E-state index in [9.17, 15) is 9.59 Å². The van der Waals surface area contributed by atoms with E-state index in [1.54, 1.807) is 28.0 Å². The lowest BCUT2D eigenvalue weighted by Gasteiger charge is -2.44. The molecule has 7 heteroatoms. The Morgan fingerprint density at radius 3 is 2.54 bits per heavy atom. The number of hydrogen-bond acceptors (Lipinski definition) is 4. The number of hydrogen-bond donors (Lipinski definition) is 1. The molecule has 1 aliphatic heterocycles. The van der Waals surface area contributed by atoms with Crippen molar-refractivity contribution in [2.45, 2.75) is 76.4 Å². The highest BCUT2D eigenvalue weighted by molar-refractivity contribution is 6.00. The molecular weight excluding hydrogens is 440 g/mol. The summed E-state index contributed by atoms with van der Waals surface area (Å²) in [6.45, 7) is 2.64. The fraction of sp³-hybridized carbons (Fsp3) is 0.464. The van der Waals surface area contributed by atoms with Crippen LogP contribution in [0.4, 0.5) is 0 Å². The summed E-state index contributed by atoms with van der Waals surface area (Å²) in [4.78, 5) is 29.4. The van der Waals surface area contributed by atoms with Gasteiger partial charge in [0.15, 0.2) is 5.76 Å². The normalized spacial score (nSPS) is 21.3. The highest BCUT2D eigenvalue weighted by Gasteiger charge is 2.48. The molecule has 0 bridgehead atoms. The number of nitrogens with zero attached hydrogens (tertiary/aromatic N) is 3. The molecular formula is C28H34N4O3. The Bertz CT molecular complexity index is 1150. The van der Waals surface area contributed by atoms with Gasteiger partial charge in [-0.2, -0.15) is 5.10 Å². The molecule has 0 spiro atoms. The topological polar surface area (TPSA) is 80.4 Å². The van der Waals surface area contributed by atoms with Gasteiger partial charge in [-0.3, -0.25) is 14.3 Å². The van der Waals surface area contributed by atoms with Crippen LogP contribution in [0, 0.1) is 0 Å². The number of aromatic nitrogens is 2. The van der Waals surface area contributed by atoms with Crippen molar-refractivity contribution in [3.05, 3.63) is 66.1 Å². The second-order valence-corrected chi connectivity index (χ2v) is 10.0. The van der Waals surface area contributed by atoms with Gasteiger partial charge in [0.25, 0.3) is 5.91 Å². The van der Waals surface area contributed by atoms with Crippen LogP contribution >= 0.6 is 0 Å². The monoisotopic (exact) mass is 474 g/mol. The van der Waals surface area contributed by atoms with E-state index in [2.05, 4.69) is 22.5 Å². The average molecular weight is 475 g/mol. The van der Waals surface area contributed by atoms with Gasteiger partial charge in [0, 0.05) is 18.7 Å². The van der Waals surface area contributed by atoms with Crippen LogP contribution in [0.5, 0.6) is 0 Å². The van der Waals surface area contributed by atoms with Crippen molar-refractivity contribution in [2.24, 2.45) is 0 Å². The molecule has 3 heterocycles. The van der Waals surface area contributed by atoms with Crippen molar-refractivity contribution in [3.8, 4) is 11.5 Å². The lowest BCUT2D eigenvalue weighted by atomic mass is 9.92. The minimum Gasteiger partial charge on any atom is -0.463 e. The van der Waals surface area contributed by atoms with Gasteiger partial charge in [0.1, 0.15) is 16.9 Å². The fourth-order valence-electron chi connectivity index (χ4n) is 5.36. The molecule has 3 aromatic rings. The average Bonchev–Trinajstić information content (AvgIpc) is 3.51. The molecule has 2 aliphatic rings. The van der Waals surface area contributed by atoms with Gasteiger partial charge >= 0.3 is 0 Å². The molecule has 35 heavy (non-hydrogen) atoms. The summed E-state index contributed by atoms with van der Waals surface area (Å²) in [7, 11) is 0. The first-order valence-corrected chi connectivity index (χ1v) is 12.8. The van der Waals surface area contributed by atoms with Gasteiger partial charge in [0.05, 0.1) is 12.8 Å². The standard InChI is InChI=1S/C28H34N4O3/c1-28(27(34)29-22-13-8-3-2-4-9-14-22)20-32-24(19-23(30-32)25-15-10-18-35-25)26(33)31(28)17-16-21-11-6-5-7-12-21/h5-7,10-12,15,18-19,22H,2-4,8-9,13-14,16-17,20H2,1H3,(H,29,34)/t28-/m0/s1. The number of fused-ring (bicyclic) bond motifs is 1. The molecule has 7 nitrogen and oxygen atoms in total. The second-order valence-electron chi connectivity index (χ2n) is 10.0. The molecule has 2 amide bonds. The molecule has 1 aromatic carbocycles. The number of amides is 2. The molecule has 0 unspecified atom stereocenters. The lowest BCUT2D eigenvalue weighted by Crippen LogP contribution is -2.65. The summed E-state index contributed by atoms with van der Waals surface area (Å²) in [5.41, 5.74) is 1.19. The Morgan fingerprint density at radius 2 is 1.83 bits per heavy atom. The van der Waals surface area contributed by atoms with Crippen LogP contribution in [-0.2, 0) is 17.8 Å². The number of furan rings is 1. The molecule has 184 valence electrons. The summed E-state index contributed by atoms with van der Waals surface area (Å²) in [6.07, 6.45) is 10.2. The zero-order valence-corrected chi connectivity index (χ0v) is 20.4. The van der Waals surface area contributed by atoms with Gasteiger partial charge in [-0.05, 0) is 43.9 Å². The van der Waals surface area contributed by atoms with Crippen molar-refractivity contribution in [1.29, 1.82) is 0 Å². The first-order valence-electron chi connectivity index (χ1n) is 12.8. The zero-order valence-electron chi connectivity index (χ0n) is 20.4. The van der Waals surface area contributed by atoms with E-state index in [4.69, 9.17) is 4.42 Å². The predicted octanol–water partition coefficient (Wildman–Crippen LogP) is 4.83.